The predicted octanol–water partition coefficient (Wildman–Crippen LogP) is 0.966. The molecule has 0 atom stereocenters. The standard InChI is InChI=1S/C15H18N2O3/c1-11-2-3-12(10-13(11)15(16)19)4-5-14(18)17-6-8-20-9-7-17/h2-5,10H,6-9H2,1H3,(H2,16,19). The van der Waals surface area contributed by atoms with Crippen molar-refractivity contribution in [2.45, 2.75) is 6.92 Å². The number of morpholine rings is 1. The number of nitrogens with two attached hydrogens (primary N) is 1. The third kappa shape index (κ3) is 3.45. The number of hydrogen-bond donors (Lipinski definition) is 1. The largest absolute Gasteiger partial charge is 0.378 e. The molecule has 20 heavy (non-hydrogen) atoms. The van der Waals surface area contributed by atoms with Gasteiger partial charge < -0.3 is 15.4 Å². The highest BCUT2D eigenvalue weighted by atomic mass is 16.5. The lowest BCUT2D eigenvalue weighted by atomic mass is 10.0. The van der Waals surface area contributed by atoms with E-state index in [1.807, 2.05) is 19.1 Å². The number of ether oxygens (including phenoxy) is 1. The summed E-state index contributed by atoms with van der Waals surface area (Å²) in [5.41, 5.74) is 7.39. The van der Waals surface area contributed by atoms with E-state index < -0.39 is 5.91 Å². The smallest absolute Gasteiger partial charge is 0.248 e. The fourth-order valence-corrected chi connectivity index (χ4v) is 2.07. The van der Waals surface area contributed by atoms with Gasteiger partial charge >= 0.3 is 0 Å². The second kappa shape index (κ2) is 6.34. The molecule has 0 unspecified atom stereocenters. The van der Waals surface area contributed by atoms with Crippen LogP contribution in [0.3, 0.4) is 0 Å². The average molecular weight is 274 g/mol. The monoisotopic (exact) mass is 274 g/mol. The maximum absolute atomic E-state index is 11.9. The van der Waals surface area contributed by atoms with Crippen molar-refractivity contribution in [3.05, 3.63) is 41.0 Å². The Morgan fingerprint density at radius 2 is 2.00 bits per heavy atom. The van der Waals surface area contributed by atoms with Gasteiger partial charge in [-0.3, -0.25) is 9.59 Å². The highest BCUT2D eigenvalue weighted by molar-refractivity contribution is 5.96. The number of benzene rings is 1. The molecular weight excluding hydrogens is 256 g/mol. The van der Waals surface area contributed by atoms with Crippen LogP contribution in [0.4, 0.5) is 0 Å². The minimum absolute atomic E-state index is 0.0468. The van der Waals surface area contributed by atoms with Crippen LogP contribution < -0.4 is 5.73 Å². The van der Waals surface area contributed by atoms with Crippen LogP contribution in [-0.4, -0.2) is 43.0 Å². The Balaban J connectivity index is 2.09. The summed E-state index contributed by atoms with van der Waals surface area (Å²) in [6.45, 7) is 4.21. The molecule has 1 fully saturated rings. The van der Waals surface area contributed by atoms with Crippen molar-refractivity contribution in [3.8, 4) is 0 Å². The number of carbonyl (C=O) groups is 2. The van der Waals surface area contributed by atoms with E-state index >= 15 is 0 Å². The fraction of sp³-hybridized carbons (Fsp3) is 0.333. The second-order valence-electron chi connectivity index (χ2n) is 4.71. The van der Waals surface area contributed by atoms with Gasteiger partial charge in [0.15, 0.2) is 0 Å². The molecule has 5 heteroatoms. The summed E-state index contributed by atoms with van der Waals surface area (Å²) in [7, 11) is 0. The minimum Gasteiger partial charge on any atom is -0.378 e. The van der Waals surface area contributed by atoms with Crippen LogP contribution in [0.1, 0.15) is 21.5 Å². The SMILES string of the molecule is Cc1ccc(C=CC(=O)N2CCOCC2)cc1C(N)=O. The van der Waals surface area contributed by atoms with Crippen LogP contribution in [0.25, 0.3) is 6.08 Å². The maximum Gasteiger partial charge on any atom is 0.248 e. The van der Waals surface area contributed by atoms with Gasteiger partial charge in [-0.2, -0.15) is 0 Å². The number of amides is 2. The third-order valence-corrected chi connectivity index (χ3v) is 3.27. The van der Waals surface area contributed by atoms with Gasteiger partial charge in [-0.15, -0.1) is 0 Å². The maximum atomic E-state index is 11.9. The first kappa shape index (κ1) is 14.3. The molecule has 0 aromatic heterocycles. The quantitative estimate of drug-likeness (QED) is 0.835. The van der Waals surface area contributed by atoms with Crippen molar-refractivity contribution in [2.75, 3.05) is 26.3 Å². The van der Waals surface area contributed by atoms with E-state index in [1.54, 1.807) is 17.0 Å². The lowest BCUT2D eigenvalue weighted by Crippen LogP contribution is -2.39. The molecule has 106 valence electrons. The molecule has 1 saturated heterocycles. The molecule has 2 amide bonds. The highest BCUT2D eigenvalue weighted by Crippen LogP contribution is 2.12. The Hall–Kier alpha value is -2.14. The predicted molar refractivity (Wildman–Crippen MR) is 76.1 cm³/mol. The summed E-state index contributed by atoms with van der Waals surface area (Å²) in [6.07, 6.45) is 3.21. The summed E-state index contributed by atoms with van der Waals surface area (Å²) < 4.78 is 5.20. The van der Waals surface area contributed by atoms with Gasteiger partial charge in [0.1, 0.15) is 0 Å². The molecule has 5 nitrogen and oxygen atoms in total. The number of rotatable bonds is 3. The molecule has 1 aliphatic heterocycles. The van der Waals surface area contributed by atoms with Gasteiger partial charge in [0, 0.05) is 24.7 Å². The molecular formula is C15H18N2O3. The summed E-state index contributed by atoms with van der Waals surface area (Å²) >= 11 is 0. The molecule has 0 aliphatic carbocycles. The number of primary amides is 1. The topological polar surface area (TPSA) is 72.6 Å². The molecule has 0 saturated carbocycles. The first-order valence-corrected chi connectivity index (χ1v) is 6.53. The van der Waals surface area contributed by atoms with E-state index in [0.29, 0.717) is 31.9 Å². The van der Waals surface area contributed by atoms with E-state index in [1.165, 1.54) is 6.08 Å². The third-order valence-electron chi connectivity index (χ3n) is 3.27. The second-order valence-corrected chi connectivity index (χ2v) is 4.71. The van der Waals surface area contributed by atoms with Crippen LogP contribution in [0.2, 0.25) is 0 Å². The average Bonchev–Trinajstić information content (AvgIpc) is 2.46. The van der Waals surface area contributed by atoms with E-state index in [2.05, 4.69) is 0 Å². The van der Waals surface area contributed by atoms with Crippen LogP contribution in [-0.2, 0) is 9.53 Å². The highest BCUT2D eigenvalue weighted by Gasteiger charge is 2.14. The Kier molecular flexibility index (Phi) is 4.53. The Bertz CT molecular complexity index is 546. The lowest BCUT2D eigenvalue weighted by molar-refractivity contribution is -0.129. The summed E-state index contributed by atoms with van der Waals surface area (Å²) in [5, 5.41) is 0. The van der Waals surface area contributed by atoms with Crippen LogP contribution in [0, 0.1) is 6.92 Å². The van der Waals surface area contributed by atoms with Gasteiger partial charge in [0.2, 0.25) is 11.8 Å². The van der Waals surface area contributed by atoms with E-state index in [-0.39, 0.29) is 5.91 Å². The molecule has 0 bridgehead atoms. The van der Waals surface area contributed by atoms with Crippen molar-refractivity contribution in [1.29, 1.82) is 0 Å². The van der Waals surface area contributed by atoms with E-state index in [0.717, 1.165) is 11.1 Å². The molecule has 1 aliphatic rings. The van der Waals surface area contributed by atoms with Crippen molar-refractivity contribution < 1.29 is 14.3 Å². The molecule has 2 N–H and O–H groups in total. The Morgan fingerprint density at radius 1 is 1.30 bits per heavy atom. The van der Waals surface area contributed by atoms with Crippen LogP contribution in [0.15, 0.2) is 24.3 Å². The molecule has 1 aromatic rings. The Labute approximate surface area is 118 Å². The molecule has 1 heterocycles. The first-order valence-electron chi connectivity index (χ1n) is 6.53. The van der Waals surface area contributed by atoms with Gasteiger partial charge in [-0.25, -0.2) is 0 Å². The van der Waals surface area contributed by atoms with Gasteiger partial charge in [0.25, 0.3) is 0 Å². The molecule has 1 aromatic carbocycles. The minimum atomic E-state index is -0.461. The van der Waals surface area contributed by atoms with Gasteiger partial charge in [-0.1, -0.05) is 12.1 Å². The fourth-order valence-electron chi connectivity index (χ4n) is 2.07. The molecule has 2 rings (SSSR count). The van der Waals surface area contributed by atoms with Crippen molar-refractivity contribution in [1.82, 2.24) is 4.90 Å². The Morgan fingerprint density at radius 3 is 2.65 bits per heavy atom. The van der Waals surface area contributed by atoms with Crippen LogP contribution >= 0.6 is 0 Å². The summed E-state index contributed by atoms with van der Waals surface area (Å²) in [4.78, 5) is 25.0. The van der Waals surface area contributed by atoms with E-state index in [4.69, 9.17) is 10.5 Å². The lowest BCUT2D eigenvalue weighted by Gasteiger charge is -2.25. The first-order chi connectivity index (χ1) is 9.58. The van der Waals surface area contributed by atoms with Crippen molar-refractivity contribution >= 4 is 17.9 Å². The van der Waals surface area contributed by atoms with Crippen LogP contribution in [0.5, 0.6) is 0 Å². The van der Waals surface area contributed by atoms with Gasteiger partial charge in [-0.05, 0) is 30.2 Å². The number of aryl methyl sites for hydroxylation is 1. The zero-order chi connectivity index (χ0) is 14.5. The number of carbonyl (C=O) groups excluding carboxylic acids is 2. The zero-order valence-corrected chi connectivity index (χ0v) is 11.5. The summed E-state index contributed by atoms with van der Waals surface area (Å²) in [5.74, 6) is -0.508. The van der Waals surface area contributed by atoms with E-state index in [9.17, 15) is 9.59 Å². The van der Waals surface area contributed by atoms with Gasteiger partial charge in [0.05, 0.1) is 13.2 Å². The normalized spacial score (nSPS) is 15.6. The number of nitrogens with zero attached hydrogens (tertiary/aromatic N) is 1. The molecule has 0 spiro atoms. The molecule has 0 radical (unpaired) electrons. The zero-order valence-electron chi connectivity index (χ0n) is 11.5. The number of hydrogen-bond acceptors (Lipinski definition) is 3. The van der Waals surface area contributed by atoms with Crippen molar-refractivity contribution in [3.63, 3.8) is 0 Å². The van der Waals surface area contributed by atoms with Crippen molar-refractivity contribution in [2.24, 2.45) is 5.73 Å². The summed E-state index contributed by atoms with van der Waals surface area (Å²) in [6, 6.07) is 5.37.